The summed E-state index contributed by atoms with van der Waals surface area (Å²) in [6.07, 6.45) is 3.26. The molecule has 7 nitrogen and oxygen atoms in total. The maximum atomic E-state index is 11.8. The summed E-state index contributed by atoms with van der Waals surface area (Å²) in [5, 5.41) is 3.38. The molecule has 26 heavy (non-hydrogen) atoms. The van der Waals surface area contributed by atoms with Crippen molar-refractivity contribution in [1.29, 1.82) is 0 Å². The van der Waals surface area contributed by atoms with E-state index in [1.165, 1.54) is 24.5 Å². The quantitative estimate of drug-likeness (QED) is 0.603. The summed E-state index contributed by atoms with van der Waals surface area (Å²) in [6.45, 7) is 11.6. The van der Waals surface area contributed by atoms with Gasteiger partial charge in [0.15, 0.2) is 0 Å². The first-order valence-corrected chi connectivity index (χ1v) is 9.31. The number of amides is 1. The molecule has 0 aromatic carbocycles. The van der Waals surface area contributed by atoms with E-state index in [-0.39, 0.29) is 12.5 Å². The topological polar surface area (TPSA) is 86.8 Å². The van der Waals surface area contributed by atoms with E-state index in [1.807, 2.05) is 27.7 Å². The number of aromatic nitrogens is 1. The Balaban J connectivity index is 2.26. The van der Waals surface area contributed by atoms with E-state index in [2.05, 4.69) is 10.3 Å². The summed E-state index contributed by atoms with van der Waals surface area (Å²) >= 11 is 1.22. The normalized spacial score (nSPS) is 18.7. The first-order chi connectivity index (χ1) is 12.1. The van der Waals surface area contributed by atoms with Crippen molar-refractivity contribution in [1.82, 2.24) is 10.3 Å². The second-order valence-electron chi connectivity index (χ2n) is 7.00. The van der Waals surface area contributed by atoms with Crippen LogP contribution in [0.15, 0.2) is 11.7 Å². The second kappa shape index (κ2) is 7.90. The number of carbonyl (C=O) groups is 2. The van der Waals surface area contributed by atoms with Gasteiger partial charge in [0.2, 0.25) is 5.91 Å². The molecule has 0 aliphatic carbocycles. The fraction of sp³-hybridized carbons (Fsp3) is 0.588. The van der Waals surface area contributed by atoms with Crippen LogP contribution < -0.4 is 5.32 Å². The van der Waals surface area contributed by atoms with Crippen LogP contribution in [0.5, 0.6) is 0 Å². The zero-order valence-electron chi connectivity index (χ0n) is 16.0. The van der Waals surface area contributed by atoms with E-state index < -0.39 is 24.3 Å². The molecule has 2 heterocycles. The molecule has 1 saturated heterocycles. The van der Waals surface area contributed by atoms with Gasteiger partial charge in [0.1, 0.15) is 9.88 Å². The lowest BCUT2D eigenvalue weighted by molar-refractivity contribution is -0.118. The molecule has 0 spiro atoms. The SMILES string of the molecule is CCOC(=O)c1cnc(C=C(CNC(C)=O)B2OC(C)(C)C(C)(C)O2)s1. The molecule has 0 unspecified atom stereocenters. The number of hydrogen-bond donors (Lipinski definition) is 1. The molecule has 1 amide bonds. The molecule has 1 aliphatic rings. The van der Waals surface area contributed by atoms with Crippen LogP contribution in [-0.2, 0) is 18.8 Å². The van der Waals surface area contributed by atoms with Gasteiger partial charge >= 0.3 is 13.1 Å². The molecule has 9 heteroatoms. The summed E-state index contributed by atoms with van der Waals surface area (Å²) in [4.78, 5) is 27.8. The summed E-state index contributed by atoms with van der Waals surface area (Å²) in [5.41, 5.74) is -0.263. The van der Waals surface area contributed by atoms with Gasteiger partial charge in [-0.3, -0.25) is 4.79 Å². The van der Waals surface area contributed by atoms with Crippen LogP contribution >= 0.6 is 11.3 Å². The highest BCUT2D eigenvalue weighted by Crippen LogP contribution is 2.38. The van der Waals surface area contributed by atoms with Crippen LogP contribution in [0.2, 0.25) is 0 Å². The van der Waals surface area contributed by atoms with Crippen LogP contribution in [0.3, 0.4) is 0 Å². The monoisotopic (exact) mass is 380 g/mol. The molecule has 0 bridgehead atoms. The molecule has 1 fully saturated rings. The fourth-order valence-electron chi connectivity index (χ4n) is 2.23. The number of esters is 1. The van der Waals surface area contributed by atoms with Crippen molar-refractivity contribution in [2.45, 2.75) is 52.7 Å². The summed E-state index contributed by atoms with van der Waals surface area (Å²) in [6, 6.07) is 0. The van der Waals surface area contributed by atoms with Crippen LogP contribution in [-0.4, -0.2) is 48.3 Å². The predicted octanol–water partition coefficient (Wildman–Crippen LogP) is 2.47. The van der Waals surface area contributed by atoms with Crippen molar-refractivity contribution in [3.63, 3.8) is 0 Å². The maximum Gasteiger partial charge on any atom is 0.492 e. The lowest BCUT2D eigenvalue weighted by Gasteiger charge is -2.32. The Labute approximate surface area is 158 Å². The zero-order chi connectivity index (χ0) is 19.5. The van der Waals surface area contributed by atoms with Gasteiger partial charge in [0, 0.05) is 13.5 Å². The van der Waals surface area contributed by atoms with Crippen molar-refractivity contribution in [3.8, 4) is 0 Å². The standard InChI is InChI=1S/C17H25BN2O5S/c1-7-23-15(22)13-10-20-14(26-13)8-12(9-19-11(2)21)18-24-16(3,4)17(5,6)25-18/h8,10H,7,9H2,1-6H3,(H,19,21). The molecule has 0 radical (unpaired) electrons. The van der Waals surface area contributed by atoms with Crippen LogP contribution in [0.4, 0.5) is 0 Å². The molecule has 2 rings (SSSR count). The van der Waals surface area contributed by atoms with Gasteiger partial charge in [-0.2, -0.15) is 0 Å². The van der Waals surface area contributed by atoms with E-state index in [0.29, 0.717) is 16.5 Å². The Morgan fingerprint density at radius 1 is 1.31 bits per heavy atom. The number of thiazole rings is 1. The molecule has 0 saturated carbocycles. The van der Waals surface area contributed by atoms with E-state index in [1.54, 1.807) is 13.0 Å². The van der Waals surface area contributed by atoms with Crippen molar-refractivity contribution in [3.05, 3.63) is 21.6 Å². The fourth-order valence-corrected chi connectivity index (χ4v) is 3.02. The molecule has 1 aromatic heterocycles. The molecule has 0 atom stereocenters. The van der Waals surface area contributed by atoms with E-state index in [0.717, 1.165) is 5.47 Å². The third-order valence-electron chi connectivity index (χ3n) is 4.41. The Kier molecular flexibility index (Phi) is 6.26. The lowest BCUT2D eigenvalue weighted by atomic mass is 9.77. The Hall–Kier alpha value is -1.71. The Morgan fingerprint density at radius 3 is 2.46 bits per heavy atom. The minimum Gasteiger partial charge on any atom is -0.462 e. The Morgan fingerprint density at radius 2 is 1.92 bits per heavy atom. The molecule has 142 valence electrons. The highest BCUT2D eigenvalue weighted by Gasteiger charge is 2.52. The van der Waals surface area contributed by atoms with Gasteiger partial charge in [-0.05, 0) is 46.2 Å². The van der Waals surface area contributed by atoms with Crippen LogP contribution in [0.25, 0.3) is 6.08 Å². The smallest absolute Gasteiger partial charge is 0.462 e. The summed E-state index contributed by atoms with van der Waals surface area (Å²) in [5.74, 6) is -0.553. The van der Waals surface area contributed by atoms with Crippen molar-refractivity contribution in [2.24, 2.45) is 0 Å². The van der Waals surface area contributed by atoms with Gasteiger partial charge in [-0.15, -0.1) is 11.3 Å². The number of hydrogen-bond acceptors (Lipinski definition) is 7. The molecule has 1 aromatic rings. The minimum atomic E-state index is -0.609. The largest absolute Gasteiger partial charge is 0.492 e. The predicted molar refractivity (Wildman–Crippen MR) is 101 cm³/mol. The molecular formula is C17H25BN2O5S. The van der Waals surface area contributed by atoms with Gasteiger partial charge in [-0.25, -0.2) is 9.78 Å². The summed E-state index contributed by atoms with van der Waals surface area (Å²) < 4.78 is 17.1. The number of rotatable bonds is 6. The number of carbonyl (C=O) groups excluding carboxylic acids is 2. The van der Waals surface area contributed by atoms with Gasteiger partial charge in [0.25, 0.3) is 0 Å². The van der Waals surface area contributed by atoms with Crippen LogP contribution in [0, 0.1) is 0 Å². The molecule has 1 aliphatic heterocycles. The minimum absolute atomic E-state index is 0.154. The number of ether oxygens (including phenoxy) is 1. The van der Waals surface area contributed by atoms with Crippen molar-refractivity contribution in [2.75, 3.05) is 13.2 Å². The average Bonchev–Trinajstić information content (AvgIpc) is 3.06. The van der Waals surface area contributed by atoms with Gasteiger partial charge in [0.05, 0.1) is 24.0 Å². The molecular weight excluding hydrogens is 355 g/mol. The molecule has 1 N–H and O–H groups in total. The third-order valence-corrected chi connectivity index (χ3v) is 5.33. The zero-order valence-corrected chi connectivity index (χ0v) is 16.9. The first kappa shape index (κ1) is 20.6. The van der Waals surface area contributed by atoms with E-state index >= 15 is 0 Å². The van der Waals surface area contributed by atoms with Gasteiger partial charge < -0.3 is 19.4 Å². The van der Waals surface area contributed by atoms with E-state index in [9.17, 15) is 9.59 Å². The lowest BCUT2D eigenvalue weighted by Crippen LogP contribution is -2.41. The third kappa shape index (κ3) is 4.72. The second-order valence-corrected chi connectivity index (χ2v) is 8.06. The first-order valence-electron chi connectivity index (χ1n) is 8.49. The van der Waals surface area contributed by atoms with Crippen molar-refractivity contribution < 1.29 is 23.6 Å². The number of nitrogens with zero attached hydrogens (tertiary/aromatic N) is 1. The Bertz CT molecular complexity index is 698. The highest BCUT2D eigenvalue weighted by molar-refractivity contribution is 7.14. The van der Waals surface area contributed by atoms with Crippen molar-refractivity contribution >= 4 is 36.4 Å². The number of nitrogens with one attached hydrogen (secondary N) is 1. The summed E-state index contributed by atoms with van der Waals surface area (Å²) in [7, 11) is -0.609. The average molecular weight is 380 g/mol. The van der Waals surface area contributed by atoms with Crippen LogP contribution in [0.1, 0.15) is 56.2 Å². The van der Waals surface area contributed by atoms with E-state index in [4.69, 9.17) is 14.0 Å². The maximum absolute atomic E-state index is 11.8. The van der Waals surface area contributed by atoms with Gasteiger partial charge in [-0.1, -0.05) is 0 Å². The highest BCUT2D eigenvalue weighted by atomic mass is 32.1.